The van der Waals surface area contributed by atoms with Crippen LogP contribution in [0.2, 0.25) is 0 Å². The molecule has 6 heteroatoms. The van der Waals surface area contributed by atoms with Gasteiger partial charge in [-0.05, 0) is 38.8 Å². The minimum absolute atomic E-state index is 0.0159. The Morgan fingerprint density at radius 3 is 2.19 bits per heavy atom. The molecule has 1 unspecified atom stereocenters. The quantitative estimate of drug-likeness (QED) is 0.697. The van der Waals surface area contributed by atoms with Gasteiger partial charge in [-0.2, -0.15) is 5.10 Å². The van der Waals surface area contributed by atoms with Crippen molar-refractivity contribution in [2.24, 2.45) is 11.0 Å². The molecule has 2 aliphatic rings. The Kier molecular flexibility index (Phi) is 5.98. The van der Waals surface area contributed by atoms with Crippen LogP contribution in [0.5, 0.6) is 0 Å². The maximum Gasteiger partial charge on any atom is 0.270 e. The summed E-state index contributed by atoms with van der Waals surface area (Å²) in [5, 5.41) is 6.17. The molecule has 1 fully saturated rings. The average molecular weight is 418 g/mol. The van der Waals surface area contributed by atoms with Crippen LogP contribution in [-0.2, 0) is 9.59 Å². The molecule has 6 nitrogen and oxygen atoms in total. The summed E-state index contributed by atoms with van der Waals surface area (Å²) in [6.07, 6.45) is 1.60. The van der Waals surface area contributed by atoms with Gasteiger partial charge in [0.25, 0.3) is 5.91 Å². The van der Waals surface area contributed by atoms with Crippen LogP contribution in [0.3, 0.4) is 0 Å². The molecule has 4 rings (SSSR count). The lowest BCUT2D eigenvalue weighted by molar-refractivity contribution is -0.125. The van der Waals surface area contributed by atoms with Gasteiger partial charge in [0.15, 0.2) is 11.6 Å². The highest BCUT2D eigenvalue weighted by molar-refractivity contribution is 6.40. The number of nitrogens with zero attached hydrogens (tertiary/aromatic N) is 3. The molecular weight excluding hydrogens is 390 g/mol. The van der Waals surface area contributed by atoms with Crippen LogP contribution >= 0.6 is 0 Å². The lowest BCUT2D eigenvalue weighted by atomic mass is 9.88. The molecule has 0 aromatic heterocycles. The highest BCUT2D eigenvalue weighted by Gasteiger charge is 2.37. The van der Waals surface area contributed by atoms with Crippen molar-refractivity contribution >= 4 is 28.9 Å². The minimum Gasteiger partial charge on any atom is -0.337 e. The fourth-order valence-electron chi connectivity index (χ4n) is 4.26. The summed E-state index contributed by atoms with van der Waals surface area (Å²) in [7, 11) is 0. The van der Waals surface area contributed by atoms with Crippen molar-refractivity contribution in [3.8, 4) is 0 Å². The number of carbonyl (C=O) groups excluding carboxylic acids is 3. The van der Waals surface area contributed by atoms with Gasteiger partial charge in [0.05, 0.1) is 5.69 Å². The third-order valence-electron chi connectivity index (χ3n) is 6.14. The molecule has 31 heavy (non-hydrogen) atoms. The van der Waals surface area contributed by atoms with Crippen LogP contribution in [0, 0.1) is 12.8 Å². The highest BCUT2D eigenvalue weighted by atomic mass is 16.2. The molecule has 1 atom stereocenters. The Morgan fingerprint density at radius 1 is 0.935 bits per heavy atom. The predicted octanol–water partition coefficient (Wildman–Crippen LogP) is 3.64. The van der Waals surface area contributed by atoms with Crippen molar-refractivity contribution in [1.82, 2.24) is 4.90 Å². The summed E-state index contributed by atoms with van der Waals surface area (Å²) >= 11 is 0. The molecule has 0 radical (unpaired) electrons. The van der Waals surface area contributed by atoms with Crippen molar-refractivity contribution in [2.75, 3.05) is 18.1 Å². The summed E-state index contributed by atoms with van der Waals surface area (Å²) in [5.41, 5.74) is 3.07. The number of aryl methyl sites for hydroxylation is 1. The Hall–Kier alpha value is -3.28. The smallest absolute Gasteiger partial charge is 0.270 e. The van der Waals surface area contributed by atoms with E-state index in [2.05, 4.69) is 5.10 Å². The monoisotopic (exact) mass is 417 g/mol. The van der Waals surface area contributed by atoms with Gasteiger partial charge in [-0.25, -0.2) is 0 Å². The van der Waals surface area contributed by atoms with Crippen LogP contribution in [0.25, 0.3) is 0 Å². The Labute approximate surface area is 182 Å². The molecule has 0 N–H and O–H groups in total. The predicted molar refractivity (Wildman–Crippen MR) is 120 cm³/mol. The van der Waals surface area contributed by atoms with E-state index in [0.29, 0.717) is 38.1 Å². The normalized spacial score (nSPS) is 19.3. The van der Waals surface area contributed by atoms with Gasteiger partial charge >= 0.3 is 0 Å². The number of rotatable bonds is 5. The van der Waals surface area contributed by atoms with E-state index in [1.165, 1.54) is 6.92 Å². The number of benzene rings is 2. The first kappa shape index (κ1) is 21.0. The summed E-state index contributed by atoms with van der Waals surface area (Å²) in [4.78, 5) is 39.8. The molecular formula is C25H27N3O3. The van der Waals surface area contributed by atoms with Gasteiger partial charge in [-0.15, -0.1) is 0 Å². The van der Waals surface area contributed by atoms with Crippen molar-refractivity contribution in [3.63, 3.8) is 0 Å². The summed E-state index contributed by atoms with van der Waals surface area (Å²) in [6, 6.07) is 16.6. The summed E-state index contributed by atoms with van der Waals surface area (Å²) < 4.78 is 0. The highest BCUT2D eigenvalue weighted by Crippen LogP contribution is 2.27. The van der Waals surface area contributed by atoms with Gasteiger partial charge in [-0.3, -0.25) is 19.4 Å². The zero-order chi connectivity index (χ0) is 22.0. The molecule has 2 aromatic carbocycles. The number of likely N-dealkylation sites (tertiary alicyclic amines) is 1. The van der Waals surface area contributed by atoms with E-state index >= 15 is 0 Å². The second-order valence-corrected chi connectivity index (χ2v) is 8.35. The standard InChI is InChI=1S/C25H27N3O3/c1-17-8-10-19(11-9-17)24(30)20-12-14-27(15-13-20)25(31)22-16-23(18(2)29)28(26-22)21-6-4-3-5-7-21/h3-11,20,23H,12-16H2,1-2H3. The van der Waals surface area contributed by atoms with E-state index in [1.807, 2.05) is 61.5 Å². The lowest BCUT2D eigenvalue weighted by Gasteiger charge is -2.31. The number of ketones is 2. The first-order valence-corrected chi connectivity index (χ1v) is 10.8. The number of hydrogen-bond donors (Lipinski definition) is 0. The SMILES string of the molecule is CC(=O)C1CC(C(=O)N2CCC(C(=O)c3ccc(C)cc3)CC2)=NN1c1ccccc1. The zero-order valence-electron chi connectivity index (χ0n) is 18.0. The average Bonchev–Trinajstić information content (AvgIpc) is 3.25. The van der Waals surface area contributed by atoms with Gasteiger partial charge in [0, 0.05) is 31.0 Å². The van der Waals surface area contributed by atoms with E-state index in [4.69, 9.17) is 0 Å². The number of para-hydroxylation sites is 1. The number of carbonyl (C=O) groups is 3. The van der Waals surface area contributed by atoms with Crippen molar-refractivity contribution in [1.29, 1.82) is 0 Å². The molecule has 0 saturated carbocycles. The van der Waals surface area contributed by atoms with Gasteiger partial charge in [-0.1, -0.05) is 48.0 Å². The number of amides is 1. The van der Waals surface area contributed by atoms with E-state index in [1.54, 1.807) is 9.91 Å². The number of piperidine rings is 1. The van der Waals surface area contributed by atoms with E-state index in [9.17, 15) is 14.4 Å². The van der Waals surface area contributed by atoms with Gasteiger partial charge < -0.3 is 4.90 Å². The molecule has 160 valence electrons. The summed E-state index contributed by atoms with van der Waals surface area (Å²) in [5.74, 6) is -0.0658. The van der Waals surface area contributed by atoms with Crippen LogP contribution in [0.1, 0.15) is 42.1 Å². The molecule has 0 aliphatic carbocycles. The zero-order valence-corrected chi connectivity index (χ0v) is 18.0. The third kappa shape index (κ3) is 4.43. The number of anilines is 1. The topological polar surface area (TPSA) is 70.0 Å². The molecule has 1 amide bonds. The fraction of sp³-hybridized carbons (Fsp3) is 0.360. The van der Waals surface area contributed by atoms with Crippen LogP contribution in [0.15, 0.2) is 59.7 Å². The van der Waals surface area contributed by atoms with E-state index in [0.717, 1.165) is 16.8 Å². The molecule has 1 saturated heterocycles. The maximum atomic E-state index is 13.1. The molecule has 2 aromatic rings. The van der Waals surface area contributed by atoms with Gasteiger partial charge in [0.2, 0.25) is 0 Å². The number of hydrogen-bond acceptors (Lipinski definition) is 5. The van der Waals surface area contributed by atoms with E-state index in [-0.39, 0.29) is 23.4 Å². The minimum atomic E-state index is -0.456. The fourth-order valence-corrected chi connectivity index (χ4v) is 4.26. The number of hydrazone groups is 1. The van der Waals surface area contributed by atoms with Crippen molar-refractivity contribution in [3.05, 3.63) is 65.7 Å². The molecule has 2 heterocycles. The molecule has 2 aliphatic heterocycles. The lowest BCUT2D eigenvalue weighted by Crippen LogP contribution is -2.43. The molecule has 0 spiro atoms. The second kappa shape index (κ2) is 8.84. The number of Topliss-reactive ketones (excluding diaryl/α,β-unsaturated/α-hetero) is 2. The maximum absolute atomic E-state index is 13.1. The van der Waals surface area contributed by atoms with Crippen LogP contribution in [-0.4, -0.2) is 47.2 Å². The third-order valence-corrected chi connectivity index (χ3v) is 6.14. The Balaban J connectivity index is 1.42. The van der Waals surface area contributed by atoms with Crippen LogP contribution < -0.4 is 5.01 Å². The first-order chi connectivity index (χ1) is 14.9. The van der Waals surface area contributed by atoms with E-state index < -0.39 is 6.04 Å². The summed E-state index contributed by atoms with van der Waals surface area (Å²) in [6.45, 7) is 4.58. The molecule has 0 bridgehead atoms. The second-order valence-electron chi connectivity index (χ2n) is 8.35. The largest absolute Gasteiger partial charge is 0.337 e. The Morgan fingerprint density at radius 2 is 1.58 bits per heavy atom. The Bertz CT molecular complexity index is 1010. The van der Waals surface area contributed by atoms with Crippen molar-refractivity contribution in [2.45, 2.75) is 39.2 Å². The van der Waals surface area contributed by atoms with Crippen molar-refractivity contribution < 1.29 is 14.4 Å². The first-order valence-electron chi connectivity index (χ1n) is 10.8. The van der Waals surface area contributed by atoms with Gasteiger partial charge in [0.1, 0.15) is 11.8 Å². The van der Waals surface area contributed by atoms with Crippen LogP contribution in [0.4, 0.5) is 5.69 Å².